The molecular weight excluding hydrogens is 563 g/mol. The number of nitrogen functional groups attached to an aromatic ring is 1. The van der Waals surface area contributed by atoms with Crippen molar-refractivity contribution in [1.29, 1.82) is 0 Å². The van der Waals surface area contributed by atoms with Crippen LogP contribution in [-0.4, -0.2) is 40.9 Å². The summed E-state index contributed by atoms with van der Waals surface area (Å²) in [5.74, 6) is 0.409. The molecule has 0 spiro atoms. The van der Waals surface area contributed by atoms with Crippen LogP contribution in [0.15, 0.2) is 77.3 Å². The van der Waals surface area contributed by atoms with Crippen molar-refractivity contribution in [1.82, 2.24) is 24.1 Å². The molecule has 5 aromatic rings. The van der Waals surface area contributed by atoms with Gasteiger partial charge in [-0.2, -0.15) is 13.2 Å². The standard InChI is InChI=1S/C26H24F3N7O2S2/c27-26(28,29)18-6-8-20(9-7-18)40(37,38)33-12-2-1-11-31-24-32-13-10-21(34-24)23-22(17-4-3-5-19(30)16-17)35-25-36(23)14-15-39-25/h3-10,13-16,33H,1-2,11-12,30H2,(H,31,32,34). The molecule has 0 aliphatic carbocycles. The summed E-state index contributed by atoms with van der Waals surface area (Å²) in [6.07, 6.45) is 0.139. The van der Waals surface area contributed by atoms with E-state index in [2.05, 4.69) is 20.0 Å². The molecule has 0 amide bonds. The number of benzene rings is 2. The predicted molar refractivity (Wildman–Crippen MR) is 148 cm³/mol. The largest absolute Gasteiger partial charge is 0.416 e. The molecule has 0 atom stereocenters. The van der Waals surface area contributed by atoms with Crippen LogP contribution >= 0.6 is 11.3 Å². The lowest BCUT2D eigenvalue weighted by Gasteiger charge is -2.10. The van der Waals surface area contributed by atoms with E-state index in [9.17, 15) is 21.6 Å². The van der Waals surface area contributed by atoms with Gasteiger partial charge in [0, 0.05) is 42.1 Å². The van der Waals surface area contributed by atoms with Crippen molar-refractivity contribution in [2.24, 2.45) is 0 Å². The second-order valence-corrected chi connectivity index (χ2v) is 11.4. The first kappa shape index (κ1) is 27.6. The highest BCUT2D eigenvalue weighted by atomic mass is 32.2. The Kier molecular flexibility index (Phi) is 7.74. The van der Waals surface area contributed by atoms with Gasteiger partial charge in [0.1, 0.15) is 5.69 Å². The highest BCUT2D eigenvalue weighted by molar-refractivity contribution is 7.89. The van der Waals surface area contributed by atoms with E-state index >= 15 is 0 Å². The zero-order chi connectivity index (χ0) is 28.3. The van der Waals surface area contributed by atoms with Gasteiger partial charge in [-0.3, -0.25) is 4.40 Å². The van der Waals surface area contributed by atoms with Crippen molar-refractivity contribution in [3.63, 3.8) is 0 Å². The summed E-state index contributed by atoms with van der Waals surface area (Å²) >= 11 is 1.51. The average molecular weight is 588 g/mol. The van der Waals surface area contributed by atoms with Crippen molar-refractivity contribution in [2.75, 3.05) is 24.1 Å². The number of imidazole rings is 1. The fourth-order valence-electron chi connectivity index (χ4n) is 4.06. The molecule has 14 heteroatoms. The molecule has 0 bridgehead atoms. The Hall–Kier alpha value is -4.01. The number of fused-ring (bicyclic) bond motifs is 1. The second kappa shape index (κ2) is 11.2. The number of nitrogens with zero attached hydrogens (tertiary/aromatic N) is 4. The van der Waals surface area contributed by atoms with Crippen LogP contribution in [-0.2, 0) is 16.2 Å². The third-order valence-corrected chi connectivity index (χ3v) is 8.22. The smallest absolute Gasteiger partial charge is 0.399 e. The van der Waals surface area contributed by atoms with Crippen LogP contribution in [0.25, 0.3) is 27.6 Å². The first-order valence-electron chi connectivity index (χ1n) is 12.2. The van der Waals surface area contributed by atoms with E-state index in [0.29, 0.717) is 36.7 Å². The number of alkyl halides is 3. The third kappa shape index (κ3) is 6.08. The number of hydrogen-bond donors (Lipinski definition) is 3. The first-order valence-corrected chi connectivity index (χ1v) is 14.5. The number of aromatic nitrogens is 4. The molecule has 9 nitrogen and oxygen atoms in total. The molecular formula is C26H24F3N7O2S2. The Morgan fingerprint density at radius 3 is 2.52 bits per heavy atom. The van der Waals surface area contributed by atoms with Gasteiger partial charge >= 0.3 is 6.18 Å². The molecule has 5 rings (SSSR count). The van der Waals surface area contributed by atoms with Gasteiger partial charge in [0.25, 0.3) is 0 Å². The number of thiazole rings is 1. The van der Waals surface area contributed by atoms with E-state index in [0.717, 1.165) is 46.2 Å². The number of unbranched alkanes of at least 4 members (excludes halogenated alkanes) is 1. The topological polar surface area (TPSA) is 127 Å². The molecule has 40 heavy (non-hydrogen) atoms. The normalized spacial score (nSPS) is 12.2. The Morgan fingerprint density at radius 1 is 1.00 bits per heavy atom. The second-order valence-electron chi connectivity index (χ2n) is 8.81. The Morgan fingerprint density at radius 2 is 1.77 bits per heavy atom. The van der Waals surface area contributed by atoms with Gasteiger partial charge in [0.05, 0.1) is 21.8 Å². The molecule has 0 radical (unpaired) electrons. The lowest BCUT2D eigenvalue weighted by molar-refractivity contribution is -0.137. The Labute approximate surface area is 232 Å². The van der Waals surface area contributed by atoms with Crippen LogP contribution < -0.4 is 15.8 Å². The van der Waals surface area contributed by atoms with Gasteiger partial charge in [-0.1, -0.05) is 12.1 Å². The van der Waals surface area contributed by atoms with Crippen LogP contribution in [0.1, 0.15) is 18.4 Å². The van der Waals surface area contributed by atoms with Crippen LogP contribution in [0.3, 0.4) is 0 Å². The summed E-state index contributed by atoms with van der Waals surface area (Å²) in [6, 6.07) is 12.7. The summed E-state index contributed by atoms with van der Waals surface area (Å²) < 4.78 is 67.3. The monoisotopic (exact) mass is 587 g/mol. The number of anilines is 2. The van der Waals surface area contributed by atoms with Gasteiger partial charge in [-0.25, -0.2) is 28.1 Å². The maximum absolute atomic E-state index is 12.7. The molecule has 3 heterocycles. The maximum Gasteiger partial charge on any atom is 0.416 e. The van der Waals surface area contributed by atoms with E-state index in [-0.39, 0.29) is 11.4 Å². The van der Waals surface area contributed by atoms with Crippen LogP contribution in [0.5, 0.6) is 0 Å². The maximum atomic E-state index is 12.7. The summed E-state index contributed by atoms with van der Waals surface area (Å²) in [7, 11) is -3.91. The molecule has 0 saturated carbocycles. The number of nitrogens with two attached hydrogens (primary N) is 1. The van der Waals surface area contributed by atoms with E-state index in [1.54, 1.807) is 12.3 Å². The highest BCUT2D eigenvalue weighted by Crippen LogP contribution is 2.34. The summed E-state index contributed by atoms with van der Waals surface area (Å²) in [5, 5.41) is 5.10. The fourth-order valence-corrected chi connectivity index (χ4v) is 5.84. The lowest BCUT2D eigenvalue weighted by atomic mass is 10.1. The van der Waals surface area contributed by atoms with Gasteiger partial charge in [0.15, 0.2) is 4.96 Å². The van der Waals surface area contributed by atoms with Crippen LogP contribution in [0.2, 0.25) is 0 Å². The minimum atomic E-state index is -4.53. The van der Waals surface area contributed by atoms with Crippen molar-refractivity contribution in [2.45, 2.75) is 23.9 Å². The molecule has 208 valence electrons. The molecule has 0 aliphatic heterocycles. The molecule has 4 N–H and O–H groups in total. The summed E-state index contributed by atoms with van der Waals surface area (Å²) in [4.78, 5) is 14.3. The van der Waals surface area contributed by atoms with Gasteiger partial charge < -0.3 is 11.1 Å². The highest BCUT2D eigenvalue weighted by Gasteiger charge is 2.30. The SMILES string of the molecule is Nc1cccc(-c2nc3sccn3c2-c2ccnc(NCCCCNS(=O)(=O)c3ccc(C(F)(F)F)cc3)n2)c1. The van der Waals surface area contributed by atoms with Crippen molar-refractivity contribution in [3.8, 4) is 22.6 Å². The lowest BCUT2D eigenvalue weighted by Crippen LogP contribution is -2.25. The van der Waals surface area contributed by atoms with E-state index in [4.69, 9.17) is 10.7 Å². The molecule has 0 saturated heterocycles. The molecule has 2 aromatic carbocycles. The molecule has 0 aliphatic rings. The minimum Gasteiger partial charge on any atom is -0.399 e. The van der Waals surface area contributed by atoms with Crippen molar-refractivity contribution < 1.29 is 21.6 Å². The number of hydrogen-bond acceptors (Lipinski definition) is 8. The number of rotatable bonds is 10. The molecule has 3 aromatic heterocycles. The van der Waals surface area contributed by atoms with Crippen LogP contribution in [0.4, 0.5) is 24.8 Å². The van der Waals surface area contributed by atoms with E-state index < -0.39 is 21.8 Å². The Bertz CT molecular complexity index is 1730. The Balaban J connectivity index is 1.19. The van der Waals surface area contributed by atoms with E-state index in [1.165, 1.54) is 11.3 Å². The molecule has 0 fully saturated rings. The van der Waals surface area contributed by atoms with Gasteiger partial charge in [-0.05, 0) is 55.3 Å². The zero-order valence-electron chi connectivity index (χ0n) is 20.9. The third-order valence-electron chi connectivity index (χ3n) is 5.99. The minimum absolute atomic E-state index is 0.126. The van der Waals surface area contributed by atoms with Crippen LogP contribution in [0, 0.1) is 0 Å². The van der Waals surface area contributed by atoms with Crippen molar-refractivity contribution >= 4 is 38.0 Å². The number of nitrogens with one attached hydrogen (secondary N) is 2. The van der Waals surface area contributed by atoms with Crippen molar-refractivity contribution in [3.05, 3.63) is 77.9 Å². The quantitative estimate of drug-likeness (QED) is 0.150. The summed E-state index contributed by atoms with van der Waals surface area (Å²) in [5.41, 5.74) is 8.83. The first-order chi connectivity index (χ1) is 19.1. The van der Waals surface area contributed by atoms with Gasteiger partial charge in [-0.15, -0.1) is 11.3 Å². The predicted octanol–water partition coefficient (Wildman–Crippen LogP) is 5.29. The number of halogens is 3. The van der Waals surface area contributed by atoms with Gasteiger partial charge in [0.2, 0.25) is 16.0 Å². The van der Waals surface area contributed by atoms with E-state index in [1.807, 2.05) is 40.2 Å². The number of sulfonamides is 1. The average Bonchev–Trinajstić information content (AvgIpc) is 3.52. The molecule has 0 unspecified atom stereocenters. The zero-order valence-corrected chi connectivity index (χ0v) is 22.5. The summed E-state index contributed by atoms with van der Waals surface area (Å²) in [6.45, 7) is 0.606. The fraction of sp³-hybridized carbons (Fsp3) is 0.192.